The van der Waals surface area contributed by atoms with E-state index in [0.29, 0.717) is 6.42 Å². The van der Waals surface area contributed by atoms with Crippen LogP contribution in [0, 0.1) is 5.92 Å². The van der Waals surface area contributed by atoms with Gasteiger partial charge >= 0.3 is 0 Å². The maximum atomic E-state index is 10.1. The Morgan fingerprint density at radius 1 is 1.41 bits per heavy atom. The van der Waals surface area contributed by atoms with Gasteiger partial charge in [-0.25, -0.2) is 0 Å². The molecule has 98 valence electrons. The summed E-state index contributed by atoms with van der Waals surface area (Å²) >= 11 is 0. The summed E-state index contributed by atoms with van der Waals surface area (Å²) in [5.74, 6) is -0.905. The van der Waals surface area contributed by atoms with Crippen LogP contribution >= 0.6 is 0 Å². The van der Waals surface area contributed by atoms with Gasteiger partial charge in [0, 0.05) is 12.5 Å². The van der Waals surface area contributed by atoms with Crippen molar-refractivity contribution < 1.29 is 24.4 Å². The fourth-order valence-electron chi connectivity index (χ4n) is 2.43. The molecule has 2 N–H and O–H groups in total. The molecule has 2 fully saturated rings. The Labute approximate surface area is 101 Å². The fraction of sp³-hybridized carbons (Fsp3) is 0.833. The molecule has 2 heterocycles. The van der Waals surface area contributed by atoms with Crippen LogP contribution < -0.4 is 0 Å². The largest absolute Gasteiger partial charge is 0.396 e. The maximum Gasteiger partial charge on any atom is 0.190 e. The molecule has 5 nitrogen and oxygen atoms in total. The van der Waals surface area contributed by atoms with Gasteiger partial charge in [0.2, 0.25) is 0 Å². The van der Waals surface area contributed by atoms with E-state index in [4.69, 9.17) is 14.2 Å². The third-order valence-electron chi connectivity index (χ3n) is 3.22. The Bertz CT molecular complexity index is 291. The number of hydrogen-bond acceptors (Lipinski definition) is 5. The predicted octanol–water partition coefficient (Wildman–Crippen LogP) is 0.408. The maximum absolute atomic E-state index is 10.1. The Kier molecular flexibility index (Phi) is 3.56. The van der Waals surface area contributed by atoms with Gasteiger partial charge in [0.15, 0.2) is 12.1 Å². The summed E-state index contributed by atoms with van der Waals surface area (Å²) < 4.78 is 16.8. The Morgan fingerprint density at radius 3 is 2.65 bits per heavy atom. The molecule has 5 atom stereocenters. The lowest BCUT2D eigenvalue weighted by Gasteiger charge is -2.27. The summed E-state index contributed by atoms with van der Waals surface area (Å²) in [5.41, 5.74) is 0. The van der Waals surface area contributed by atoms with Crippen LogP contribution in [0.5, 0.6) is 0 Å². The minimum absolute atomic E-state index is 0.0589. The molecular formula is C12H20O5. The van der Waals surface area contributed by atoms with Gasteiger partial charge in [0.25, 0.3) is 0 Å². The molecule has 2 rings (SSSR count). The van der Waals surface area contributed by atoms with Crippen molar-refractivity contribution in [3.63, 3.8) is 0 Å². The first-order chi connectivity index (χ1) is 7.98. The van der Waals surface area contributed by atoms with Crippen molar-refractivity contribution in [2.75, 3.05) is 6.61 Å². The van der Waals surface area contributed by atoms with Crippen LogP contribution in [-0.2, 0) is 14.2 Å². The van der Waals surface area contributed by atoms with E-state index in [1.54, 1.807) is 19.9 Å². The van der Waals surface area contributed by atoms with Gasteiger partial charge in [-0.2, -0.15) is 0 Å². The number of rotatable bonds is 4. The van der Waals surface area contributed by atoms with E-state index in [1.165, 1.54) is 0 Å². The molecule has 2 aliphatic rings. The number of ether oxygens (including phenoxy) is 3. The summed E-state index contributed by atoms with van der Waals surface area (Å²) in [6.07, 6.45) is 0.0123. The van der Waals surface area contributed by atoms with Crippen molar-refractivity contribution in [1.29, 1.82) is 0 Å². The van der Waals surface area contributed by atoms with Gasteiger partial charge in [-0.05, 0) is 20.3 Å². The Morgan fingerprint density at radius 2 is 2.12 bits per heavy atom. The van der Waals surface area contributed by atoms with Crippen molar-refractivity contribution in [3.05, 3.63) is 12.7 Å². The van der Waals surface area contributed by atoms with Crippen molar-refractivity contribution in [1.82, 2.24) is 0 Å². The van der Waals surface area contributed by atoms with E-state index in [2.05, 4.69) is 6.58 Å². The standard InChI is InChI=1S/C12H20O5/c1-4-5-7(6-13)9-8(14)10-11(15-9)17-12(2,3)16-10/h4,7-11,13-14H,1,5-6H2,2-3H3/t7-,8+,9+,10+,11+/m0/s1. The molecule has 0 bridgehead atoms. The van der Waals surface area contributed by atoms with Crippen LogP contribution in [0.4, 0.5) is 0 Å². The van der Waals surface area contributed by atoms with Gasteiger partial charge in [-0.1, -0.05) is 6.08 Å². The topological polar surface area (TPSA) is 68.2 Å². The highest BCUT2D eigenvalue weighted by atomic mass is 16.8. The molecule has 5 heteroatoms. The van der Waals surface area contributed by atoms with Crippen LogP contribution in [0.1, 0.15) is 20.3 Å². The molecule has 0 radical (unpaired) electrons. The monoisotopic (exact) mass is 244 g/mol. The SMILES string of the molecule is C=CC[C@@H](CO)[C@H]1O[C@@H]2OC(C)(C)O[C@@H]2[C@@H]1O. The second-order valence-electron chi connectivity index (χ2n) is 5.03. The lowest BCUT2D eigenvalue weighted by atomic mass is 9.94. The molecule has 2 aliphatic heterocycles. The number of allylic oxidation sites excluding steroid dienone is 1. The third-order valence-corrected chi connectivity index (χ3v) is 3.22. The van der Waals surface area contributed by atoms with E-state index in [9.17, 15) is 10.2 Å². The van der Waals surface area contributed by atoms with Gasteiger partial charge in [-0.3, -0.25) is 0 Å². The van der Waals surface area contributed by atoms with Crippen LogP contribution in [0.25, 0.3) is 0 Å². The molecule has 0 spiro atoms. The van der Waals surface area contributed by atoms with Crippen LogP contribution in [0.3, 0.4) is 0 Å². The summed E-state index contributed by atoms with van der Waals surface area (Å²) in [6, 6.07) is 0. The van der Waals surface area contributed by atoms with Crippen molar-refractivity contribution in [2.24, 2.45) is 5.92 Å². The zero-order valence-electron chi connectivity index (χ0n) is 10.2. The smallest absolute Gasteiger partial charge is 0.190 e. The van der Waals surface area contributed by atoms with E-state index < -0.39 is 30.4 Å². The molecule has 0 saturated carbocycles. The highest BCUT2D eigenvalue weighted by Gasteiger charge is 2.55. The van der Waals surface area contributed by atoms with Gasteiger partial charge in [0.05, 0.1) is 6.10 Å². The summed E-state index contributed by atoms with van der Waals surface area (Å²) in [4.78, 5) is 0. The Balaban J connectivity index is 2.04. The van der Waals surface area contributed by atoms with Crippen LogP contribution in [-0.4, -0.2) is 47.2 Å². The van der Waals surface area contributed by atoms with Crippen LogP contribution in [0.15, 0.2) is 12.7 Å². The predicted molar refractivity (Wildman–Crippen MR) is 60.1 cm³/mol. The average molecular weight is 244 g/mol. The summed E-state index contributed by atoms with van der Waals surface area (Å²) in [6.45, 7) is 7.13. The molecule has 0 aliphatic carbocycles. The molecule has 0 aromatic heterocycles. The first kappa shape index (κ1) is 13.0. The first-order valence-electron chi connectivity index (χ1n) is 5.89. The Hall–Kier alpha value is -0.460. The number of aliphatic hydroxyl groups excluding tert-OH is 2. The van der Waals surface area contributed by atoms with Crippen molar-refractivity contribution >= 4 is 0 Å². The highest BCUT2D eigenvalue weighted by molar-refractivity contribution is 4.96. The van der Waals surface area contributed by atoms with Crippen molar-refractivity contribution in [2.45, 2.75) is 50.7 Å². The molecule has 0 aromatic carbocycles. The lowest BCUT2D eigenvalue weighted by Crippen LogP contribution is -2.39. The highest BCUT2D eigenvalue weighted by Crippen LogP contribution is 2.39. The number of fused-ring (bicyclic) bond motifs is 1. The summed E-state index contributed by atoms with van der Waals surface area (Å²) in [7, 11) is 0. The molecule has 17 heavy (non-hydrogen) atoms. The van der Waals surface area contributed by atoms with Crippen LogP contribution in [0.2, 0.25) is 0 Å². The number of hydrogen-bond donors (Lipinski definition) is 2. The van der Waals surface area contributed by atoms with Gasteiger partial charge in [0.1, 0.15) is 12.2 Å². The third kappa shape index (κ3) is 2.39. The second-order valence-corrected chi connectivity index (χ2v) is 5.03. The zero-order chi connectivity index (χ0) is 12.6. The minimum Gasteiger partial charge on any atom is -0.396 e. The van der Waals surface area contributed by atoms with E-state index in [0.717, 1.165) is 0 Å². The normalized spacial score (nSPS) is 41.2. The number of aliphatic hydroxyl groups is 2. The molecular weight excluding hydrogens is 224 g/mol. The molecule has 0 amide bonds. The van der Waals surface area contributed by atoms with Crippen molar-refractivity contribution in [3.8, 4) is 0 Å². The van der Waals surface area contributed by atoms with Gasteiger partial charge in [-0.15, -0.1) is 6.58 Å². The van der Waals surface area contributed by atoms with E-state index in [-0.39, 0.29) is 12.5 Å². The minimum atomic E-state index is -0.779. The molecule has 0 unspecified atom stereocenters. The zero-order valence-corrected chi connectivity index (χ0v) is 10.2. The average Bonchev–Trinajstić information content (AvgIpc) is 2.70. The van der Waals surface area contributed by atoms with E-state index >= 15 is 0 Å². The first-order valence-corrected chi connectivity index (χ1v) is 5.89. The molecule has 0 aromatic rings. The van der Waals surface area contributed by atoms with Gasteiger partial charge < -0.3 is 24.4 Å². The fourth-order valence-corrected chi connectivity index (χ4v) is 2.43. The summed E-state index contributed by atoms with van der Waals surface area (Å²) in [5, 5.41) is 19.4. The second kappa shape index (κ2) is 4.66. The molecule has 2 saturated heterocycles. The van der Waals surface area contributed by atoms with E-state index in [1.807, 2.05) is 0 Å². The quantitative estimate of drug-likeness (QED) is 0.701. The lowest BCUT2D eigenvalue weighted by molar-refractivity contribution is -0.222.